The maximum atomic E-state index is 13.1. The van der Waals surface area contributed by atoms with Crippen molar-refractivity contribution in [3.05, 3.63) is 35.1 Å². The Labute approximate surface area is 79.4 Å². The van der Waals surface area contributed by atoms with Gasteiger partial charge in [-0.1, -0.05) is 12.1 Å². The Balaban J connectivity index is 2.86. The number of quaternary nitrogens is 1. The molecular weight excluding hydrogens is 165 g/mol. The van der Waals surface area contributed by atoms with Crippen LogP contribution >= 0.6 is 0 Å². The standard InChI is InChI=1S/C11H17FN/c1-9-5-6-10(7-11(9)12)8-13(2,3)4/h5-7H,8H2,1-4H3/q+1. The number of benzene rings is 1. The summed E-state index contributed by atoms with van der Waals surface area (Å²) in [5.41, 5.74) is 1.76. The first-order valence-corrected chi connectivity index (χ1v) is 4.44. The molecule has 0 amide bonds. The molecule has 0 aliphatic carbocycles. The maximum absolute atomic E-state index is 13.1. The van der Waals surface area contributed by atoms with Crippen LogP contribution in [0.4, 0.5) is 4.39 Å². The molecular formula is C11H17FN+. The molecule has 2 heteroatoms. The zero-order valence-electron chi connectivity index (χ0n) is 8.76. The third kappa shape index (κ3) is 3.15. The lowest BCUT2D eigenvalue weighted by molar-refractivity contribution is -0.884. The summed E-state index contributed by atoms with van der Waals surface area (Å²) in [7, 11) is 6.29. The van der Waals surface area contributed by atoms with Crippen LogP contribution < -0.4 is 0 Å². The second kappa shape index (κ2) is 3.46. The van der Waals surface area contributed by atoms with Gasteiger partial charge in [-0.25, -0.2) is 4.39 Å². The molecule has 0 heterocycles. The van der Waals surface area contributed by atoms with Crippen molar-refractivity contribution in [3.63, 3.8) is 0 Å². The summed E-state index contributed by atoms with van der Waals surface area (Å²) in [6.45, 7) is 2.64. The lowest BCUT2D eigenvalue weighted by Gasteiger charge is -2.23. The van der Waals surface area contributed by atoms with E-state index in [2.05, 4.69) is 21.1 Å². The number of rotatable bonds is 2. The van der Waals surface area contributed by atoms with Gasteiger partial charge in [-0.3, -0.25) is 0 Å². The molecule has 0 fully saturated rings. The van der Waals surface area contributed by atoms with Crippen LogP contribution in [0.2, 0.25) is 0 Å². The Hall–Kier alpha value is -0.890. The SMILES string of the molecule is Cc1ccc(C[N+](C)(C)C)cc1F. The molecule has 0 unspecified atom stereocenters. The highest BCUT2D eigenvalue weighted by Gasteiger charge is 2.09. The summed E-state index contributed by atoms with van der Waals surface area (Å²) >= 11 is 0. The normalized spacial score (nSPS) is 11.8. The van der Waals surface area contributed by atoms with Crippen molar-refractivity contribution in [3.8, 4) is 0 Å². The zero-order chi connectivity index (χ0) is 10.1. The van der Waals surface area contributed by atoms with Gasteiger partial charge in [0.2, 0.25) is 0 Å². The Morgan fingerprint density at radius 2 is 1.85 bits per heavy atom. The van der Waals surface area contributed by atoms with Gasteiger partial charge in [0, 0.05) is 5.56 Å². The van der Waals surface area contributed by atoms with Crippen molar-refractivity contribution in [2.45, 2.75) is 13.5 Å². The van der Waals surface area contributed by atoms with Gasteiger partial charge in [-0.15, -0.1) is 0 Å². The third-order valence-electron chi connectivity index (χ3n) is 1.89. The Kier molecular flexibility index (Phi) is 2.71. The van der Waals surface area contributed by atoms with Gasteiger partial charge in [0.05, 0.1) is 21.1 Å². The summed E-state index contributed by atoms with van der Waals surface area (Å²) in [6.07, 6.45) is 0. The number of hydrogen-bond acceptors (Lipinski definition) is 0. The van der Waals surface area contributed by atoms with Gasteiger partial charge < -0.3 is 4.48 Å². The van der Waals surface area contributed by atoms with Crippen LogP contribution in [0, 0.1) is 12.7 Å². The predicted molar refractivity (Wildman–Crippen MR) is 52.9 cm³/mol. The fourth-order valence-corrected chi connectivity index (χ4v) is 1.28. The monoisotopic (exact) mass is 182 g/mol. The van der Waals surface area contributed by atoms with Crippen molar-refractivity contribution < 1.29 is 8.87 Å². The van der Waals surface area contributed by atoms with Gasteiger partial charge in [0.15, 0.2) is 0 Å². The predicted octanol–water partition coefficient (Wildman–Crippen LogP) is 2.34. The fourth-order valence-electron chi connectivity index (χ4n) is 1.28. The fraction of sp³-hybridized carbons (Fsp3) is 0.455. The first kappa shape index (κ1) is 10.2. The van der Waals surface area contributed by atoms with Gasteiger partial charge in [0.1, 0.15) is 12.4 Å². The average molecular weight is 182 g/mol. The van der Waals surface area contributed by atoms with E-state index in [0.29, 0.717) is 5.56 Å². The van der Waals surface area contributed by atoms with Crippen molar-refractivity contribution in [2.24, 2.45) is 0 Å². The van der Waals surface area contributed by atoms with E-state index in [4.69, 9.17) is 0 Å². The first-order valence-electron chi connectivity index (χ1n) is 4.44. The molecule has 1 aromatic rings. The van der Waals surface area contributed by atoms with E-state index in [9.17, 15) is 4.39 Å². The van der Waals surface area contributed by atoms with Crippen molar-refractivity contribution in [1.29, 1.82) is 0 Å². The minimum Gasteiger partial charge on any atom is -0.327 e. The average Bonchev–Trinajstić information content (AvgIpc) is 1.94. The van der Waals surface area contributed by atoms with Crippen LogP contribution in [-0.4, -0.2) is 25.6 Å². The molecule has 1 aromatic carbocycles. The van der Waals surface area contributed by atoms with Gasteiger partial charge in [0.25, 0.3) is 0 Å². The Bertz CT molecular complexity index is 299. The molecule has 0 saturated heterocycles. The smallest absolute Gasteiger partial charge is 0.126 e. The lowest BCUT2D eigenvalue weighted by atomic mass is 10.1. The van der Waals surface area contributed by atoms with E-state index in [1.165, 1.54) is 0 Å². The molecule has 0 aliphatic heterocycles. The summed E-state index contributed by atoms with van der Waals surface area (Å²) < 4.78 is 14.0. The van der Waals surface area contributed by atoms with Crippen LogP contribution in [-0.2, 0) is 6.54 Å². The van der Waals surface area contributed by atoms with Crippen LogP contribution in [0.5, 0.6) is 0 Å². The van der Waals surface area contributed by atoms with E-state index in [-0.39, 0.29) is 5.82 Å². The molecule has 0 aromatic heterocycles. The van der Waals surface area contributed by atoms with Crippen LogP contribution in [0.15, 0.2) is 18.2 Å². The highest BCUT2D eigenvalue weighted by Crippen LogP contribution is 2.12. The molecule has 1 rings (SSSR count). The van der Waals surface area contributed by atoms with E-state index < -0.39 is 0 Å². The number of nitrogens with zero attached hydrogens (tertiary/aromatic N) is 1. The van der Waals surface area contributed by atoms with Crippen LogP contribution in [0.1, 0.15) is 11.1 Å². The van der Waals surface area contributed by atoms with Crippen LogP contribution in [0.25, 0.3) is 0 Å². The summed E-state index contributed by atoms with van der Waals surface area (Å²) in [5, 5.41) is 0. The molecule has 1 nitrogen and oxygen atoms in total. The van der Waals surface area contributed by atoms with Crippen molar-refractivity contribution in [1.82, 2.24) is 0 Å². The second-order valence-electron chi connectivity index (χ2n) is 4.53. The summed E-state index contributed by atoms with van der Waals surface area (Å²) in [6, 6.07) is 5.45. The maximum Gasteiger partial charge on any atom is 0.126 e. The topological polar surface area (TPSA) is 0 Å². The van der Waals surface area contributed by atoms with E-state index in [0.717, 1.165) is 16.6 Å². The minimum atomic E-state index is -0.106. The molecule has 0 radical (unpaired) electrons. The molecule has 0 bridgehead atoms. The molecule has 0 aliphatic rings. The molecule has 0 atom stereocenters. The van der Waals surface area contributed by atoms with Gasteiger partial charge in [-0.05, 0) is 18.6 Å². The van der Waals surface area contributed by atoms with E-state index >= 15 is 0 Å². The summed E-state index contributed by atoms with van der Waals surface area (Å²) in [4.78, 5) is 0. The molecule has 72 valence electrons. The quantitative estimate of drug-likeness (QED) is 0.616. The number of hydrogen-bond donors (Lipinski definition) is 0. The minimum absolute atomic E-state index is 0.106. The van der Waals surface area contributed by atoms with Crippen molar-refractivity contribution in [2.75, 3.05) is 21.1 Å². The Morgan fingerprint density at radius 3 is 2.31 bits per heavy atom. The molecule has 13 heavy (non-hydrogen) atoms. The highest BCUT2D eigenvalue weighted by molar-refractivity contribution is 5.22. The largest absolute Gasteiger partial charge is 0.327 e. The Morgan fingerprint density at radius 1 is 1.23 bits per heavy atom. The second-order valence-corrected chi connectivity index (χ2v) is 4.53. The van der Waals surface area contributed by atoms with Gasteiger partial charge >= 0.3 is 0 Å². The third-order valence-corrected chi connectivity index (χ3v) is 1.89. The van der Waals surface area contributed by atoms with E-state index in [1.54, 1.807) is 13.0 Å². The first-order chi connectivity index (χ1) is 5.88. The summed E-state index contributed by atoms with van der Waals surface area (Å²) in [5.74, 6) is -0.106. The molecule has 0 saturated carbocycles. The number of aryl methyl sites for hydroxylation is 1. The zero-order valence-corrected chi connectivity index (χ0v) is 8.76. The van der Waals surface area contributed by atoms with Gasteiger partial charge in [-0.2, -0.15) is 0 Å². The number of halogens is 1. The molecule has 0 N–H and O–H groups in total. The lowest BCUT2D eigenvalue weighted by Crippen LogP contribution is -2.33. The highest BCUT2D eigenvalue weighted by atomic mass is 19.1. The van der Waals surface area contributed by atoms with E-state index in [1.807, 2.05) is 12.1 Å². The van der Waals surface area contributed by atoms with Crippen molar-refractivity contribution >= 4 is 0 Å². The molecule has 0 spiro atoms. The van der Waals surface area contributed by atoms with Crippen LogP contribution in [0.3, 0.4) is 0 Å².